The Balaban J connectivity index is 1.61. The maximum Gasteiger partial charge on any atom is 0.271 e. The second-order valence-electron chi connectivity index (χ2n) is 6.59. The summed E-state index contributed by atoms with van der Waals surface area (Å²) in [5.74, 6) is 1.14. The minimum atomic E-state index is -0.329. The molecule has 164 valence electrons. The van der Waals surface area contributed by atoms with Crippen LogP contribution in [0.25, 0.3) is 0 Å². The van der Waals surface area contributed by atoms with Crippen molar-refractivity contribution in [2.45, 2.75) is 13.8 Å². The van der Waals surface area contributed by atoms with Gasteiger partial charge < -0.3 is 9.47 Å². The van der Waals surface area contributed by atoms with Crippen LogP contribution in [0, 0.1) is 0 Å². The van der Waals surface area contributed by atoms with E-state index in [1.165, 1.54) is 0 Å². The fourth-order valence-electron chi connectivity index (χ4n) is 2.88. The first-order valence-corrected chi connectivity index (χ1v) is 10.4. The molecular weight excluding hydrogens is 404 g/mol. The van der Waals surface area contributed by atoms with Gasteiger partial charge in [-0.25, -0.2) is 5.43 Å². The number of nitrogens with zero attached hydrogens (tertiary/aromatic N) is 2. The van der Waals surface area contributed by atoms with Crippen LogP contribution in [0.1, 0.15) is 35.3 Å². The van der Waals surface area contributed by atoms with Gasteiger partial charge in [-0.3, -0.25) is 10.2 Å². The number of carbonyl (C=O) groups excluding carboxylic acids is 1. The van der Waals surface area contributed by atoms with Crippen molar-refractivity contribution in [2.24, 2.45) is 10.2 Å². The zero-order chi connectivity index (χ0) is 22.6. The van der Waals surface area contributed by atoms with Gasteiger partial charge >= 0.3 is 0 Å². The topological polar surface area (TPSA) is 84.3 Å². The van der Waals surface area contributed by atoms with Gasteiger partial charge in [0.2, 0.25) is 0 Å². The largest absolute Gasteiger partial charge is 0.493 e. The van der Waals surface area contributed by atoms with Crippen molar-refractivity contribution in [2.75, 3.05) is 18.6 Å². The number of benzene rings is 3. The summed E-state index contributed by atoms with van der Waals surface area (Å²) >= 11 is 0. The first-order chi connectivity index (χ1) is 15.7. The average molecular weight is 431 g/mol. The first kappa shape index (κ1) is 22.6. The van der Waals surface area contributed by atoms with E-state index in [2.05, 4.69) is 21.1 Å². The lowest BCUT2D eigenvalue weighted by Crippen LogP contribution is -2.17. The van der Waals surface area contributed by atoms with Gasteiger partial charge in [0.1, 0.15) is 11.5 Å². The molecule has 0 aliphatic carbocycles. The molecule has 3 aromatic rings. The van der Waals surface area contributed by atoms with E-state index in [1.807, 2.05) is 68.4 Å². The predicted octanol–water partition coefficient (Wildman–Crippen LogP) is 4.69. The Labute approximate surface area is 187 Å². The van der Waals surface area contributed by atoms with Crippen LogP contribution < -0.4 is 20.3 Å². The molecule has 0 spiro atoms. The average Bonchev–Trinajstić information content (AvgIpc) is 2.82. The molecule has 0 atom stereocenters. The van der Waals surface area contributed by atoms with Crippen molar-refractivity contribution in [3.63, 3.8) is 0 Å². The van der Waals surface area contributed by atoms with E-state index in [9.17, 15) is 4.79 Å². The Morgan fingerprint density at radius 1 is 0.812 bits per heavy atom. The number of anilines is 1. The Hall–Kier alpha value is -4.13. The van der Waals surface area contributed by atoms with Crippen LogP contribution in [0.15, 0.2) is 83.0 Å². The number of hydrogen-bond donors (Lipinski definition) is 2. The van der Waals surface area contributed by atoms with Crippen molar-refractivity contribution in [1.82, 2.24) is 5.43 Å². The summed E-state index contributed by atoms with van der Waals surface area (Å²) in [6.07, 6.45) is 3.24. The quantitative estimate of drug-likeness (QED) is 0.361. The number of nitrogens with one attached hydrogen (secondary N) is 2. The number of ether oxygens (including phenoxy) is 2. The van der Waals surface area contributed by atoms with Crippen LogP contribution in [-0.2, 0) is 0 Å². The van der Waals surface area contributed by atoms with Crippen LogP contribution in [0.5, 0.6) is 11.5 Å². The lowest BCUT2D eigenvalue weighted by molar-refractivity contribution is 0.0955. The molecule has 0 saturated carbocycles. The number of carbonyl (C=O) groups is 1. The standard InChI is InChI=1S/C25H26N4O3/c1-3-31-23-14-7-5-10-20(23)17-26-28-22-13-9-12-19(16-22)25(30)29-27-18-21-11-6-8-15-24(21)32-4-2/h5-18,28H,3-4H2,1-2H3,(H,29,30)/b26-17+,27-18+. The van der Waals surface area contributed by atoms with Crippen LogP contribution in [-0.4, -0.2) is 31.6 Å². The lowest BCUT2D eigenvalue weighted by atomic mass is 10.2. The fraction of sp³-hybridized carbons (Fsp3) is 0.160. The summed E-state index contributed by atoms with van der Waals surface area (Å²) in [5.41, 5.74) is 8.25. The third kappa shape index (κ3) is 6.43. The molecule has 7 heteroatoms. The van der Waals surface area contributed by atoms with E-state index in [4.69, 9.17) is 9.47 Å². The Kier molecular flexibility index (Phi) is 8.39. The second kappa shape index (κ2) is 11.9. The zero-order valence-corrected chi connectivity index (χ0v) is 18.1. The Bertz CT molecular complexity index is 1100. The van der Waals surface area contributed by atoms with Crippen LogP contribution in [0.3, 0.4) is 0 Å². The molecule has 0 heterocycles. The van der Waals surface area contributed by atoms with Crippen molar-refractivity contribution in [3.05, 3.63) is 89.5 Å². The van der Waals surface area contributed by atoms with Crippen molar-refractivity contribution in [3.8, 4) is 11.5 Å². The second-order valence-corrected chi connectivity index (χ2v) is 6.59. The lowest BCUT2D eigenvalue weighted by Gasteiger charge is -2.07. The smallest absolute Gasteiger partial charge is 0.271 e. The van der Waals surface area contributed by atoms with E-state index in [0.717, 1.165) is 16.9 Å². The summed E-state index contributed by atoms with van der Waals surface area (Å²) in [5, 5.41) is 8.30. The van der Waals surface area contributed by atoms with Crippen molar-refractivity contribution in [1.29, 1.82) is 0 Å². The summed E-state index contributed by atoms with van der Waals surface area (Å²) in [4.78, 5) is 12.5. The SMILES string of the molecule is CCOc1ccccc1/C=N/NC(=O)c1cccc(N/N=C/c2ccccc2OCC)c1. The van der Waals surface area contributed by atoms with E-state index in [1.54, 1.807) is 30.6 Å². The zero-order valence-electron chi connectivity index (χ0n) is 18.1. The molecule has 0 radical (unpaired) electrons. The summed E-state index contributed by atoms with van der Waals surface area (Å²) in [7, 11) is 0. The molecule has 2 N–H and O–H groups in total. The van der Waals surface area contributed by atoms with E-state index in [0.29, 0.717) is 30.2 Å². The molecule has 0 bridgehead atoms. The summed E-state index contributed by atoms with van der Waals surface area (Å²) in [6, 6.07) is 22.1. The van der Waals surface area contributed by atoms with Gasteiger partial charge in [-0.2, -0.15) is 10.2 Å². The number of para-hydroxylation sites is 2. The molecule has 1 amide bonds. The fourth-order valence-corrected chi connectivity index (χ4v) is 2.88. The van der Waals surface area contributed by atoms with Crippen LogP contribution in [0.4, 0.5) is 5.69 Å². The Morgan fingerprint density at radius 2 is 1.41 bits per heavy atom. The highest BCUT2D eigenvalue weighted by atomic mass is 16.5. The first-order valence-electron chi connectivity index (χ1n) is 10.4. The number of hydrazone groups is 2. The van der Waals surface area contributed by atoms with Gasteiger partial charge in [0.25, 0.3) is 5.91 Å². The van der Waals surface area contributed by atoms with E-state index in [-0.39, 0.29) is 5.91 Å². The number of amides is 1. The van der Waals surface area contributed by atoms with Crippen LogP contribution in [0.2, 0.25) is 0 Å². The molecule has 0 unspecified atom stereocenters. The summed E-state index contributed by atoms with van der Waals surface area (Å²) < 4.78 is 11.1. The van der Waals surface area contributed by atoms with Crippen LogP contribution >= 0.6 is 0 Å². The van der Waals surface area contributed by atoms with E-state index >= 15 is 0 Å². The Morgan fingerprint density at radius 3 is 2.03 bits per heavy atom. The predicted molar refractivity (Wildman–Crippen MR) is 128 cm³/mol. The minimum absolute atomic E-state index is 0.329. The molecule has 0 aromatic heterocycles. The maximum absolute atomic E-state index is 12.5. The van der Waals surface area contributed by atoms with Gasteiger partial charge in [-0.05, 0) is 56.3 Å². The molecule has 3 aromatic carbocycles. The normalized spacial score (nSPS) is 10.9. The molecule has 0 aliphatic heterocycles. The van der Waals surface area contributed by atoms with Gasteiger partial charge in [0.05, 0.1) is 31.3 Å². The third-order valence-corrected chi connectivity index (χ3v) is 4.33. The van der Waals surface area contributed by atoms with Gasteiger partial charge in [0.15, 0.2) is 0 Å². The van der Waals surface area contributed by atoms with Gasteiger partial charge in [-0.1, -0.05) is 30.3 Å². The minimum Gasteiger partial charge on any atom is -0.493 e. The molecule has 32 heavy (non-hydrogen) atoms. The maximum atomic E-state index is 12.5. The van der Waals surface area contributed by atoms with Gasteiger partial charge in [0, 0.05) is 16.7 Å². The molecule has 0 fully saturated rings. The number of rotatable bonds is 10. The molecule has 0 aliphatic rings. The molecule has 3 rings (SSSR count). The highest BCUT2D eigenvalue weighted by molar-refractivity contribution is 5.96. The van der Waals surface area contributed by atoms with Crippen molar-refractivity contribution >= 4 is 24.0 Å². The highest BCUT2D eigenvalue weighted by Crippen LogP contribution is 2.17. The monoisotopic (exact) mass is 430 g/mol. The van der Waals surface area contributed by atoms with Crippen molar-refractivity contribution < 1.29 is 14.3 Å². The summed E-state index contributed by atoms with van der Waals surface area (Å²) in [6.45, 7) is 4.98. The third-order valence-electron chi connectivity index (χ3n) is 4.33. The van der Waals surface area contributed by atoms with Gasteiger partial charge in [-0.15, -0.1) is 0 Å². The number of hydrogen-bond acceptors (Lipinski definition) is 6. The van der Waals surface area contributed by atoms with E-state index < -0.39 is 0 Å². The highest BCUT2D eigenvalue weighted by Gasteiger charge is 2.06. The molecular formula is C25H26N4O3. The molecule has 0 saturated heterocycles. The molecule has 7 nitrogen and oxygen atoms in total.